The van der Waals surface area contributed by atoms with Crippen LogP contribution in [0.15, 0.2) is 48.5 Å². The van der Waals surface area contributed by atoms with Crippen molar-refractivity contribution in [2.75, 3.05) is 11.6 Å². The van der Waals surface area contributed by atoms with Crippen LogP contribution in [0.2, 0.25) is 0 Å². The Kier molecular flexibility index (Phi) is 5.85. The molecular formula is C16H17BrO4S. The molecule has 0 saturated carbocycles. The van der Waals surface area contributed by atoms with E-state index in [2.05, 4.69) is 15.9 Å². The highest BCUT2D eigenvalue weighted by Crippen LogP contribution is 2.27. The lowest BCUT2D eigenvalue weighted by Gasteiger charge is -2.13. The Balaban J connectivity index is 2.19. The molecule has 0 bridgehead atoms. The second-order valence-electron chi connectivity index (χ2n) is 4.77. The van der Waals surface area contributed by atoms with Gasteiger partial charge in [-0.1, -0.05) is 52.3 Å². The summed E-state index contributed by atoms with van der Waals surface area (Å²) in [4.78, 5) is 0. The van der Waals surface area contributed by atoms with Gasteiger partial charge < -0.3 is 8.92 Å². The quantitative estimate of drug-likeness (QED) is 0.541. The number of halogens is 1. The molecule has 0 radical (unpaired) electrons. The third-order valence-corrected chi connectivity index (χ3v) is 3.78. The van der Waals surface area contributed by atoms with E-state index in [1.165, 1.54) is 0 Å². The maximum Gasteiger partial charge on any atom is 0.306 e. The first-order valence-electron chi connectivity index (χ1n) is 6.73. The molecular weight excluding hydrogens is 368 g/mol. The van der Waals surface area contributed by atoms with E-state index < -0.39 is 10.1 Å². The van der Waals surface area contributed by atoms with E-state index in [0.29, 0.717) is 12.4 Å². The second-order valence-corrected chi connectivity index (χ2v) is 7.14. The topological polar surface area (TPSA) is 52.6 Å². The number of rotatable bonds is 7. The minimum atomic E-state index is -3.55. The lowest BCUT2D eigenvalue weighted by Crippen LogP contribution is -2.06. The summed E-state index contributed by atoms with van der Waals surface area (Å²) in [5.74, 6) is 0.883. The Bertz CT molecular complexity index is 714. The molecule has 0 spiro atoms. The van der Waals surface area contributed by atoms with E-state index in [1.54, 1.807) is 12.1 Å². The summed E-state index contributed by atoms with van der Waals surface area (Å²) >= 11 is 3.40. The van der Waals surface area contributed by atoms with Crippen molar-refractivity contribution in [1.29, 1.82) is 0 Å². The number of benzene rings is 2. The molecule has 0 fully saturated rings. The first-order valence-corrected chi connectivity index (χ1v) is 9.67. The highest BCUT2D eigenvalue weighted by atomic mass is 79.9. The van der Waals surface area contributed by atoms with Gasteiger partial charge in [0.05, 0.1) is 6.26 Å². The third kappa shape index (κ3) is 5.35. The molecule has 6 heteroatoms. The van der Waals surface area contributed by atoms with E-state index >= 15 is 0 Å². The van der Waals surface area contributed by atoms with Gasteiger partial charge in [-0.15, -0.1) is 0 Å². The predicted molar refractivity (Wildman–Crippen MR) is 90.2 cm³/mol. The van der Waals surface area contributed by atoms with E-state index in [9.17, 15) is 8.42 Å². The summed E-state index contributed by atoms with van der Waals surface area (Å²) in [6.45, 7) is 0.415. The molecule has 0 aliphatic carbocycles. The van der Waals surface area contributed by atoms with Crippen molar-refractivity contribution < 1.29 is 17.3 Å². The van der Waals surface area contributed by atoms with Crippen LogP contribution in [-0.2, 0) is 23.1 Å². The molecule has 2 rings (SSSR count). The molecule has 2 aromatic rings. The van der Waals surface area contributed by atoms with Gasteiger partial charge in [0.15, 0.2) is 0 Å². The number of hydrogen-bond donors (Lipinski definition) is 0. The first kappa shape index (κ1) is 16.8. The van der Waals surface area contributed by atoms with Gasteiger partial charge in [0, 0.05) is 11.4 Å². The fraction of sp³-hybridized carbons (Fsp3) is 0.250. The minimum absolute atomic E-state index is 0.254. The highest BCUT2D eigenvalue weighted by Gasteiger charge is 2.10. The van der Waals surface area contributed by atoms with Crippen molar-refractivity contribution >= 4 is 26.0 Å². The monoisotopic (exact) mass is 384 g/mol. The van der Waals surface area contributed by atoms with Crippen LogP contribution in [0.25, 0.3) is 0 Å². The van der Waals surface area contributed by atoms with Crippen LogP contribution in [0.5, 0.6) is 11.5 Å². The normalized spacial score (nSPS) is 11.2. The van der Waals surface area contributed by atoms with Crippen LogP contribution in [0.4, 0.5) is 0 Å². The Morgan fingerprint density at radius 3 is 2.45 bits per heavy atom. The van der Waals surface area contributed by atoms with E-state index in [4.69, 9.17) is 8.92 Å². The van der Waals surface area contributed by atoms with Gasteiger partial charge >= 0.3 is 10.1 Å². The van der Waals surface area contributed by atoms with Crippen molar-refractivity contribution in [1.82, 2.24) is 0 Å². The third-order valence-electron chi connectivity index (χ3n) is 2.89. The van der Waals surface area contributed by atoms with Gasteiger partial charge in [0.25, 0.3) is 0 Å². The van der Waals surface area contributed by atoms with Gasteiger partial charge in [-0.2, -0.15) is 8.42 Å². The predicted octanol–water partition coefficient (Wildman–Crippen LogP) is 3.54. The zero-order chi connectivity index (χ0) is 16.0. The molecule has 0 amide bonds. The summed E-state index contributed by atoms with van der Waals surface area (Å²) < 4.78 is 33.2. The molecule has 0 aromatic heterocycles. The SMILES string of the molecule is CS(=O)(=O)Oc1ccc(CCBr)c(OCc2ccccc2)c1. The Morgan fingerprint density at radius 2 is 1.82 bits per heavy atom. The van der Waals surface area contributed by atoms with E-state index in [1.807, 2.05) is 36.4 Å². The zero-order valence-corrected chi connectivity index (χ0v) is 14.6. The maximum absolute atomic E-state index is 11.2. The smallest absolute Gasteiger partial charge is 0.306 e. The Hall–Kier alpha value is -1.53. The van der Waals surface area contributed by atoms with Gasteiger partial charge in [-0.25, -0.2) is 0 Å². The molecule has 118 valence electrons. The number of ether oxygens (including phenoxy) is 1. The molecule has 0 heterocycles. The average molecular weight is 385 g/mol. The summed E-state index contributed by atoms with van der Waals surface area (Å²) in [7, 11) is -3.55. The molecule has 2 aromatic carbocycles. The largest absolute Gasteiger partial charge is 0.488 e. The Morgan fingerprint density at radius 1 is 1.09 bits per heavy atom. The summed E-state index contributed by atoms with van der Waals surface area (Å²) in [5, 5.41) is 0.793. The maximum atomic E-state index is 11.2. The molecule has 4 nitrogen and oxygen atoms in total. The summed E-state index contributed by atoms with van der Waals surface area (Å²) in [6.07, 6.45) is 1.80. The fourth-order valence-electron chi connectivity index (χ4n) is 1.94. The van der Waals surface area contributed by atoms with Crippen molar-refractivity contribution in [3.8, 4) is 11.5 Å². The number of aryl methyl sites for hydroxylation is 1. The van der Waals surface area contributed by atoms with Crippen molar-refractivity contribution in [3.63, 3.8) is 0 Å². The molecule has 22 heavy (non-hydrogen) atoms. The van der Waals surface area contributed by atoms with Crippen LogP contribution < -0.4 is 8.92 Å². The van der Waals surface area contributed by atoms with Gasteiger partial charge in [0.2, 0.25) is 0 Å². The van der Waals surface area contributed by atoms with Crippen molar-refractivity contribution in [2.24, 2.45) is 0 Å². The highest BCUT2D eigenvalue weighted by molar-refractivity contribution is 9.09. The molecule has 0 aliphatic heterocycles. The van der Waals surface area contributed by atoms with E-state index in [0.717, 1.165) is 29.1 Å². The Labute approximate surface area is 139 Å². The van der Waals surface area contributed by atoms with Crippen LogP contribution in [0, 0.1) is 0 Å². The second kappa shape index (κ2) is 7.65. The molecule has 0 aliphatic rings. The molecule has 0 saturated heterocycles. The average Bonchev–Trinajstić information content (AvgIpc) is 2.47. The van der Waals surface area contributed by atoms with Crippen molar-refractivity contribution in [2.45, 2.75) is 13.0 Å². The van der Waals surface area contributed by atoms with Gasteiger partial charge in [-0.3, -0.25) is 0 Å². The summed E-state index contributed by atoms with van der Waals surface area (Å²) in [6, 6.07) is 14.9. The number of hydrogen-bond acceptors (Lipinski definition) is 4. The van der Waals surface area contributed by atoms with Crippen molar-refractivity contribution in [3.05, 3.63) is 59.7 Å². The molecule has 0 N–H and O–H groups in total. The van der Waals surface area contributed by atoms with E-state index in [-0.39, 0.29) is 5.75 Å². The fourth-order valence-corrected chi connectivity index (χ4v) is 2.82. The summed E-state index contributed by atoms with van der Waals surface area (Å²) in [5.41, 5.74) is 2.04. The standard InChI is InChI=1S/C16H17BrO4S/c1-22(18,19)21-15-8-7-14(9-10-17)16(11-15)20-12-13-5-3-2-4-6-13/h2-8,11H,9-10,12H2,1H3. The van der Waals surface area contributed by atoms with Crippen LogP contribution in [0.3, 0.4) is 0 Å². The first-order chi connectivity index (χ1) is 10.5. The van der Waals surface area contributed by atoms with Crippen LogP contribution >= 0.6 is 15.9 Å². The number of alkyl halides is 1. The lowest BCUT2D eigenvalue weighted by atomic mass is 10.1. The van der Waals surface area contributed by atoms with Gasteiger partial charge in [0.1, 0.15) is 18.1 Å². The molecule has 0 unspecified atom stereocenters. The minimum Gasteiger partial charge on any atom is -0.488 e. The molecule has 0 atom stereocenters. The zero-order valence-electron chi connectivity index (χ0n) is 12.2. The lowest BCUT2D eigenvalue weighted by molar-refractivity contribution is 0.302. The van der Waals surface area contributed by atoms with Crippen LogP contribution in [-0.4, -0.2) is 20.0 Å². The van der Waals surface area contributed by atoms with Crippen LogP contribution in [0.1, 0.15) is 11.1 Å². The van der Waals surface area contributed by atoms with Gasteiger partial charge in [-0.05, 0) is 23.6 Å².